The normalized spacial score (nSPS) is 19.2. The van der Waals surface area contributed by atoms with E-state index in [1.807, 2.05) is 42.1 Å². The van der Waals surface area contributed by atoms with E-state index in [-0.39, 0.29) is 18.7 Å². The highest BCUT2D eigenvalue weighted by Crippen LogP contribution is 2.19. The summed E-state index contributed by atoms with van der Waals surface area (Å²) in [5, 5.41) is 0. The van der Waals surface area contributed by atoms with Crippen LogP contribution >= 0.6 is 11.8 Å². The fourth-order valence-corrected chi connectivity index (χ4v) is 2.75. The van der Waals surface area contributed by atoms with Crippen molar-refractivity contribution >= 4 is 17.7 Å². The average Bonchev–Trinajstić information content (AvgIpc) is 2.83. The molecule has 1 heterocycles. The summed E-state index contributed by atoms with van der Waals surface area (Å²) in [4.78, 5) is 11.4. The van der Waals surface area contributed by atoms with Crippen molar-refractivity contribution in [3.8, 4) is 0 Å². The van der Waals surface area contributed by atoms with E-state index in [1.54, 1.807) is 0 Å². The minimum absolute atomic E-state index is 0.0378. The number of rotatable bonds is 5. The largest absolute Gasteiger partial charge is 0.460 e. The predicted octanol–water partition coefficient (Wildman–Crippen LogP) is 2.25. The van der Waals surface area contributed by atoms with Crippen LogP contribution in [-0.2, 0) is 20.9 Å². The Morgan fingerprint density at radius 1 is 1.35 bits per heavy atom. The van der Waals surface area contributed by atoms with Crippen LogP contribution in [0.2, 0.25) is 0 Å². The lowest BCUT2D eigenvalue weighted by molar-refractivity contribution is -0.153. The van der Waals surface area contributed by atoms with E-state index in [0.29, 0.717) is 6.61 Å². The molecular weight excluding hydrogens is 236 g/mol. The number of hydrogen-bond donors (Lipinski definition) is 0. The molecule has 1 fully saturated rings. The maximum atomic E-state index is 11.4. The number of hydrogen-bond acceptors (Lipinski definition) is 4. The van der Waals surface area contributed by atoms with Gasteiger partial charge in [0, 0.05) is 5.75 Å². The van der Waals surface area contributed by atoms with Crippen LogP contribution in [-0.4, -0.2) is 30.2 Å². The van der Waals surface area contributed by atoms with E-state index in [9.17, 15) is 4.79 Å². The third-order valence-corrected chi connectivity index (χ3v) is 3.65. The molecule has 0 N–H and O–H groups in total. The van der Waals surface area contributed by atoms with Crippen molar-refractivity contribution in [1.29, 1.82) is 0 Å². The molecule has 0 bridgehead atoms. The lowest BCUT2D eigenvalue weighted by Crippen LogP contribution is -2.21. The van der Waals surface area contributed by atoms with E-state index in [2.05, 4.69) is 0 Å². The molecule has 0 aromatic heterocycles. The molecule has 1 saturated heterocycles. The van der Waals surface area contributed by atoms with E-state index >= 15 is 0 Å². The summed E-state index contributed by atoms with van der Waals surface area (Å²) in [7, 11) is 0. The second-order valence-corrected chi connectivity index (χ2v) is 5.10. The second kappa shape index (κ2) is 6.67. The van der Waals surface area contributed by atoms with Gasteiger partial charge in [-0.25, -0.2) is 4.79 Å². The molecule has 0 aliphatic carbocycles. The van der Waals surface area contributed by atoms with Crippen molar-refractivity contribution in [2.24, 2.45) is 0 Å². The number of benzene rings is 1. The molecule has 1 aromatic rings. The van der Waals surface area contributed by atoms with Gasteiger partial charge in [-0.2, -0.15) is 11.8 Å². The lowest BCUT2D eigenvalue weighted by atomic mass is 10.2. The first-order valence-corrected chi connectivity index (χ1v) is 6.89. The molecule has 1 aliphatic rings. The maximum Gasteiger partial charge on any atom is 0.332 e. The Balaban J connectivity index is 1.63. The fourth-order valence-electron chi connectivity index (χ4n) is 1.65. The number of carbonyl (C=O) groups is 1. The van der Waals surface area contributed by atoms with Gasteiger partial charge < -0.3 is 9.47 Å². The van der Waals surface area contributed by atoms with Crippen molar-refractivity contribution in [1.82, 2.24) is 0 Å². The van der Waals surface area contributed by atoms with Crippen molar-refractivity contribution in [3.63, 3.8) is 0 Å². The van der Waals surface area contributed by atoms with Crippen LogP contribution < -0.4 is 0 Å². The smallest absolute Gasteiger partial charge is 0.332 e. The molecule has 4 heteroatoms. The molecule has 0 saturated carbocycles. The topological polar surface area (TPSA) is 35.5 Å². The molecule has 1 aliphatic heterocycles. The Bertz CT molecular complexity index is 347. The fraction of sp³-hybridized carbons (Fsp3) is 0.462. The third-order valence-electron chi connectivity index (χ3n) is 2.52. The highest BCUT2D eigenvalue weighted by Gasteiger charge is 2.19. The van der Waals surface area contributed by atoms with Crippen molar-refractivity contribution in [2.45, 2.75) is 19.1 Å². The van der Waals surface area contributed by atoms with Gasteiger partial charge >= 0.3 is 5.97 Å². The van der Waals surface area contributed by atoms with Gasteiger partial charge in [0.05, 0.1) is 6.61 Å². The molecule has 3 nitrogen and oxygen atoms in total. The van der Waals surface area contributed by atoms with Gasteiger partial charge in [0.25, 0.3) is 0 Å². The molecule has 1 aromatic carbocycles. The molecule has 0 radical (unpaired) electrons. The summed E-state index contributed by atoms with van der Waals surface area (Å²) in [6, 6.07) is 9.80. The summed E-state index contributed by atoms with van der Waals surface area (Å²) in [6.07, 6.45) is 1.06. The Morgan fingerprint density at radius 2 is 2.18 bits per heavy atom. The first kappa shape index (κ1) is 12.5. The zero-order valence-corrected chi connectivity index (χ0v) is 10.4. The minimum atomic E-state index is -0.256. The molecule has 0 spiro atoms. The number of carbonyl (C=O) groups excluding carboxylic acids is 1. The average molecular weight is 252 g/mol. The number of thioether (sulfide) groups is 1. The van der Waals surface area contributed by atoms with Crippen LogP contribution in [0.1, 0.15) is 12.0 Å². The Kier molecular flexibility index (Phi) is 4.88. The molecule has 1 atom stereocenters. The third kappa shape index (κ3) is 4.40. The van der Waals surface area contributed by atoms with E-state index < -0.39 is 0 Å². The molecule has 1 unspecified atom stereocenters. The molecule has 92 valence electrons. The Morgan fingerprint density at radius 3 is 2.88 bits per heavy atom. The SMILES string of the molecule is O=C(COCc1ccccc1)OC1CCSC1. The van der Waals surface area contributed by atoms with Crippen LogP contribution in [0.25, 0.3) is 0 Å². The maximum absolute atomic E-state index is 11.4. The quantitative estimate of drug-likeness (QED) is 0.753. The number of esters is 1. The van der Waals surface area contributed by atoms with Crippen molar-refractivity contribution in [2.75, 3.05) is 18.1 Å². The zero-order chi connectivity index (χ0) is 11.9. The summed E-state index contributed by atoms with van der Waals surface area (Å²) in [6.45, 7) is 0.491. The van der Waals surface area contributed by atoms with Crippen molar-refractivity contribution < 1.29 is 14.3 Å². The minimum Gasteiger partial charge on any atom is -0.460 e. The predicted molar refractivity (Wildman–Crippen MR) is 67.9 cm³/mol. The lowest BCUT2D eigenvalue weighted by Gasteiger charge is -2.10. The first-order valence-electron chi connectivity index (χ1n) is 5.73. The molecular formula is C13H16O3S. The van der Waals surface area contributed by atoms with Crippen LogP contribution in [0.3, 0.4) is 0 Å². The standard InChI is InChI=1S/C13H16O3S/c14-13(16-12-6-7-17-10-12)9-15-8-11-4-2-1-3-5-11/h1-5,12H,6-10H2. The van der Waals surface area contributed by atoms with Crippen LogP contribution in [0, 0.1) is 0 Å². The van der Waals surface area contributed by atoms with E-state index in [4.69, 9.17) is 9.47 Å². The number of ether oxygens (including phenoxy) is 2. The van der Waals surface area contributed by atoms with Gasteiger partial charge in [-0.05, 0) is 17.7 Å². The van der Waals surface area contributed by atoms with Crippen LogP contribution in [0.5, 0.6) is 0 Å². The van der Waals surface area contributed by atoms with Gasteiger partial charge in [-0.1, -0.05) is 30.3 Å². The molecule has 0 amide bonds. The van der Waals surface area contributed by atoms with E-state index in [1.165, 1.54) is 0 Å². The molecule has 17 heavy (non-hydrogen) atoms. The zero-order valence-electron chi connectivity index (χ0n) is 9.63. The summed E-state index contributed by atoms with van der Waals surface area (Å²) in [5.41, 5.74) is 1.07. The van der Waals surface area contributed by atoms with Gasteiger partial charge in [0.15, 0.2) is 0 Å². The highest BCUT2D eigenvalue weighted by molar-refractivity contribution is 7.99. The second-order valence-electron chi connectivity index (χ2n) is 3.95. The van der Waals surface area contributed by atoms with Crippen LogP contribution in [0.15, 0.2) is 30.3 Å². The summed E-state index contributed by atoms with van der Waals surface area (Å²) < 4.78 is 10.6. The first-order chi connectivity index (χ1) is 8.34. The summed E-state index contributed by atoms with van der Waals surface area (Å²) >= 11 is 1.83. The van der Waals surface area contributed by atoms with Gasteiger partial charge in [0.2, 0.25) is 0 Å². The highest BCUT2D eigenvalue weighted by atomic mass is 32.2. The Labute approximate surface area is 105 Å². The van der Waals surface area contributed by atoms with Gasteiger partial charge in [-0.15, -0.1) is 0 Å². The Hall–Kier alpha value is -1.000. The monoisotopic (exact) mass is 252 g/mol. The summed E-state index contributed by atoms with van der Waals surface area (Å²) in [5.74, 6) is 1.75. The van der Waals surface area contributed by atoms with Crippen molar-refractivity contribution in [3.05, 3.63) is 35.9 Å². The van der Waals surface area contributed by atoms with Crippen LogP contribution in [0.4, 0.5) is 0 Å². The van der Waals surface area contributed by atoms with E-state index in [0.717, 1.165) is 23.5 Å². The van der Waals surface area contributed by atoms with Gasteiger partial charge in [0.1, 0.15) is 12.7 Å². The van der Waals surface area contributed by atoms with Gasteiger partial charge in [-0.3, -0.25) is 0 Å². The molecule has 2 rings (SSSR count).